The van der Waals surface area contributed by atoms with Crippen LogP contribution in [-0.2, 0) is 4.79 Å². The van der Waals surface area contributed by atoms with E-state index < -0.39 is 5.82 Å². The number of aliphatic hydroxyl groups is 1. The number of amides is 1. The maximum absolute atomic E-state index is 13.0. The van der Waals surface area contributed by atoms with Crippen LogP contribution in [0.3, 0.4) is 0 Å². The standard InChI is InChI=1S/C15H22FN3O2/c16-11-5-6-14(13(17)8-11)18-15(21)9-19-7-3-1-2-4-12(19)10-20/h5-6,8,12,20H,1-4,7,9-10,17H2,(H,18,21). The number of nitrogen functional groups attached to an aromatic ring is 1. The Bertz CT molecular complexity index is 496. The molecule has 0 aromatic heterocycles. The van der Waals surface area contributed by atoms with Crippen molar-refractivity contribution < 1.29 is 14.3 Å². The summed E-state index contributed by atoms with van der Waals surface area (Å²) in [5, 5.41) is 12.1. The fourth-order valence-corrected chi connectivity index (χ4v) is 2.67. The first-order chi connectivity index (χ1) is 10.1. The average molecular weight is 295 g/mol. The summed E-state index contributed by atoms with van der Waals surface area (Å²) in [6.07, 6.45) is 4.14. The first-order valence-electron chi connectivity index (χ1n) is 7.30. The van der Waals surface area contributed by atoms with E-state index in [9.17, 15) is 14.3 Å². The average Bonchev–Trinajstić information content (AvgIpc) is 2.67. The Hall–Kier alpha value is -1.66. The highest BCUT2D eigenvalue weighted by Crippen LogP contribution is 2.20. The fourth-order valence-electron chi connectivity index (χ4n) is 2.67. The molecule has 1 saturated heterocycles. The fraction of sp³-hybridized carbons (Fsp3) is 0.533. The molecule has 1 aromatic rings. The predicted molar refractivity (Wildman–Crippen MR) is 80.4 cm³/mol. The molecule has 0 saturated carbocycles. The number of carbonyl (C=O) groups is 1. The molecule has 1 unspecified atom stereocenters. The molecule has 0 bridgehead atoms. The second-order valence-corrected chi connectivity index (χ2v) is 5.44. The molecule has 1 aliphatic heterocycles. The van der Waals surface area contributed by atoms with Crippen molar-refractivity contribution in [1.29, 1.82) is 0 Å². The van der Waals surface area contributed by atoms with Crippen molar-refractivity contribution in [3.63, 3.8) is 0 Å². The molecule has 1 aromatic carbocycles. The number of hydrogen-bond donors (Lipinski definition) is 3. The summed E-state index contributed by atoms with van der Waals surface area (Å²) >= 11 is 0. The Balaban J connectivity index is 1.96. The van der Waals surface area contributed by atoms with Gasteiger partial charge in [-0.3, -0.25) is 9.69 Å². The zero-order chi connectivity index (χ0) is 15.2. The highest BCUT2D eigenvalue weighted by molar-refractivity contribution is 5.95. The molecule has 4 N–H and O–H groups in total. The van der Waals surface area contributed by atoms with Gasteiger partial charge in [-0.25, -0.2) is 4.39 Å². The molecule has 116 valence electrons. The molecule has 1 atom stereocenters. The summed E-state index contributed by atoms with van der Waals surface area (Å²) in [4.78, 5) is 14.1. The van der Waals surface area contributed by atoms with Gasteiger partial charge in [0.25, 0.3) is 0 Å². The lowest BCUT2D eigenvalue weighted by Crippen LogP contribution is -2.42. The number of nitrogens with zero attached hydrogens (tertiary/aromatic N) is 1. The van der Waals surface area contributed by atoms with Gasteiger partial charge < -0.3 is 16.2 Å². The first-order valence-corrected chi connectivity index (χ1v) is 7.30. The van der Waals surface area contributed by atoms with Crippen LogP contribution in [0.25, 0.3) is 0 Å². The lowest BCUT2D eigenvalue weighted by atomic mass is 10.1. The highest BCUT2D eigenvalue weighted by Gasteiger charge is 2.22. The maximum atomic E-state index is 13.0. The van der Waals surface area contributed by atoms with Crippen molar-refractivity contribution >= 4 is 17.3 Å². The Morgan fingerprint density at radius 2 is 2.24 bits per heavy atom. The van der Waals surface area contributed by atoms with E-state index in [0.29, 0.717) is 5.69 Å². The van der Waals surface area contributed by atoms with E-state index in [0.717, 1.165) is 32.2 Å². The number of halogens is 1. The van der Waals surface area contributed by atoms with Gasteiger partial charge in [0.2, 0.25) is 5.91 Å². The number of nitrogens with two attached hydrogens (primary N) is 1. The van der Waals surface area contributed by atoms with Crippen molar-refractivity contribution in [3.05, 3.63) is 24.0 Å². The molecule has 6 heteroatoms. The summed E-state index contributed by atoms with van der Waals surface area (Å²) in [7, 11) is 0. The third-order valence-electron chi connectivity index (χ3n) is 3.84. The van der Waals surface area contributed by atoms with Gasteiger partial charge in [0.1, 0.15) is 5.82 Å². The van der Waals surface area contributed by atoms with Crippen molar-refractivity contribution in [3.8, 4) is 0 Å². The minimum atomic E-state index is -0.432. The number of nitrogens with one attached hydrogen (secondary N) is 1. The number of anilines is 2. The lowest BCUT2D eigenvalue weighted by molar-refractivity contribution is -0.118. The first kappa shape index (κ1) is 15.7. The van der Waals surface area contributed by atoms with Gasteiger partial charge in [-0.15, -0.1) is 0 Å². The van der Waals surface area contributed by atoms with Crippen LogP contribution in [0.1, 0.15) is 25.7 Å². The SMILES string of the molecule is Nc1cc(F)ccc1NC(=O)CN1CCCCCC1CO. The van der Waals surface area contributed by atoms with Crippen molar-refractivity contribution in [2.75, 3.05) is 30.7 Å². The third kappa shape index (κ3) is 4.41. The van der Waals surface area contributed by atoms with Crippen LogP contribution in [-0.4, -0.2) is 41.7 Å². The Morgan fingerprint density at radius 3 is 2.95 bits per heavy atom. The predicted octanol–water partition coefficient (Wildman–Crippen LogP) is 1.58. The van der Waals surface area contributed by atoms with Crippen LogP contribution >= 0.6 is 0 Å². The quantitative estimate of drug-likeness (QED) is 0.737. The van der Waals surface area contributed by atoms with Gasteiger partial charge in [0.15, 0.2) is 0 Å². The molecular formula is C15H22FN3O2. The zero-order valence-corrected chi connectivity index (χ0v) is 12.0. The van der Waals surface area contributed by atoms with Crippen molar-refractivity contribution in [2.45, 2.75) is 31.7 Å². The third-order valence-corrected chi connectivity index (χ3v) is 3.84. The van der Waals surface area contributed by atoms with E-state index in [4.69, 9.17) is 5.73 Å². The topological polar surface area (TPSA) is 78.6 Å². The van der Waals surface area contributed by atoms with Crippen LogP contribution in [0, 0.1) is 5.82 Å². The molecule has 5 nitrogen and oxygen atoms in total. The van der Waals surface area contributed by atoms with E-state index in [-0.39, 0.29) is 30.8 Å². The van der Waals surface area contributed by atoms with E-state index in [1.165, 1.54) is 18.2 Å². The summed E-state index contributed by atoms with van der Waals surface area (Å²) in [5.41, 5.74) is 6.29. The number of hydrogen-bond acceptors (Lipinski definition) is 4. The van der Waals surface area contributed by atoms with E-state index in [1.807, 2.05) is 4.90 Å². The Labute approximate surface area is 123 Å². The van der Waals surface area contributed by atoms with Crippen LogP contribution in [0.2, 0.25) is 0 Å². The molecule has 0 aliphatic carbocycles. The van der Waals surface area contributed by atoms with Gasteiger partial charge in [0, 0.05) is 6.04 Å². The van der Waals surface area contributed by atoms with E-state index in [2.05, 4.69) is 5.32 Å². The minimum absolute atomic E-state index is 0.0313. The molecule has 0 spiro atoms. The molecule has 2 rings (SSSR count). The Morgan fingerprint density at radius 1 is 1.43 bits per heavy atom. The number of benzene rings is 1. The monoisotopic (exact) mass is 295 g/mol. The van der Waals surface area contributed by atoms with Gasteiger partial charge >= 0.3 is 0 Å². The molecule has 21 heavy (non-hydrogen) atoms. The molecule has 1 amide bonds. The number of carbonyl (C=O) groups excluding carboxylic acids is 1. The van der Waals surface area contributed by atoms with Gasteiger partial charge in [-0.05, 0) is 37.6 Å². The van der Waals surface area contributed by atoms with E-state index >= 15 is 0 Å². The Kier molecular flexibility index (Phi) is 5.52. The van der Waals surface area contributed by atoms with Crippen molar-refractivity contribution in [2.24, 2.45) is 0 Å². The minimum Gasteiger partial charge on any atom is -0.397 e. The normalized spacial score (nSPS) is 20.0. The summed E-state index contributed by atoms with van der Waals surface area (Å²) in [6, 6.07) is 3.92. The zero-order valence-electron chi connectivity index (χ0n) is 12.0. The molecule has 1 heterocycles. The van der Waals surface area contributed by atoms with Gasteiger partial charge in [-0.2, -0.15) is 0 Å². The second-order valence-electron chi connectivity index (χ2n) is 5.44. The van der Waals surface area contributed by atoms with Crippen LogP contribution in [0.5, 0.6) is 0 Å². The smallest absolute Gasteiger partial charge is 0.238 e. The second kappa shape index (κ2) is 7.38. The number of rotatable bonds is 4. The van der Waals surface area contributed by atoms with Crippen LogP contribution < -0.4 is 11.1 Å². The van der Waals surface area contributed by atoms with Crippen molar-refractivity contribution in [1.82, 2.24) is 4.90 Å². The van der Waals surface area contributed by atoms with Gasteiger partial charge in [0.05, 0.1) is 24.5 Å². The number of likely N-dealkylation sites (tertiary alicyclic amines) is 1. The largest absolute Gasteiger partial charge is 0.397 e. The number of aliphatic hydroxyl groups excluding tert-OH is 1. The van der Waals surface area contributed by atoms with Gasteiger partial charge in [-0.1, -0.05) is 12.8 Å². The van der Waals surface area contributed by atoms with Crippen LogP contribution in [0.15, 0.2) is 18.2 Å². The molecule has 1 fully saturated rings. The lowest BCUT2D eigenvalue weighted by Gasteiger charge is -2.27. The van der Waals surface area contributed by atoms with Crippen LogP contribution in [0.4, 0.5) is 15.8 Å². The summed E-state index contributed by atoms with van der Waals surface area (Å²) in [6.45, 7) is 1.07. The molecule has 1 aliphatic rings. The molecule has 0 radical (unpaired) electrons. The molecular weight excluding hydrogens is 273 g/mol. The van der Waals surface area contributed by atoms with E-state index in [1.54, 1.807) is 0 Å². The highest BCUT2D eigenvalue weighted by atomic mass is 19.1. The summed E-state index contributed by atoms with van der Waals surface area (Å²) < 4.78 is 13.0. The maximum Gasteiger partial charge on any atom is 0.238 e. The summed E-state index contributed by atoms with van der Waals surface area (Å²) in [5.74, 6) is -0.632.